The van der Waals surface area contributed by atoms with Crippen molar-refractivity contribution in [3.8, 4) is 17.0 Å². The van der Waals surface area contributed by atoms with Crippen molar-refractivity contribution < 1.29 is 4.74 Å². The van der Waals surface area contributed by atoms with E-state index in [-0.39, 0.29) is 0 Å². The molecule has 4 heteroatoms. The van der Waals surface area contributed by atoms with Crippen molar-refractivity contribution in [1.82, 2.24) is 9.97 Å². The first-order valence-electron chi connectivity index (χ1n) is 6.20. The number of halogens is 1. The summed E-state index contributed by atoms with van der Waals surface area (Å²) in [5.74, 6) is 1.34. The molecule has 0 aliphatic rings. The van der Waals surface area contributed by atoms with Crippen molar-refractivity contribution in [3.05, 3.63) is 40.3 Å². The van der Waals surface area contributed by atoms with Crippen LogP contribution in [0, 0.1) is 6.92 Å². The Labute approximate surface area is 122 Å². The molecule has 0 N–H and O–H groups in total. The van der Waals surface area contributed by atoms with Gasteiger partial charge in [-0.1, -0.05) is 13.8 Å². The lowest BCUT2D eigenvalue weighted by atomic mass is 9.95. The van der Waals surface area contributed by atoms with Crippen LogP contribution in [0.1, 0.15) is 30.9 Å². The van der Waals surface area contributed by atoms with Gasteiger partial charge in [-0.3, -0.25) is 0 Å². The molecule has 0 saturated carbocycles. The molecule has 0 radical (unpaired) electrons. The van der Waals surface area contributed by atoms with Crippen LogP contribution < -0.4 is 4.74 Å². The van der Waals surface area contributed by atoms with Gasteiger partial charge in [-0.15, -0.1) is 0 Å². The quantitative estimate of drug-likeness (QED) is 0.789. The van der Waals surface area contributed by atoms with Gasteiger partial charge >= 0.3 is 0 Å². The smallest absolute Gasteiger partial charge is 0.197 e. The van der Waals surface area contributed by atoms with E-state index in [1.807, 2.05) is 6.07 Å². The predicted octanol–water partition coefficient (Wildman–Crippen LogP) is 4.35. The first-order chi connectivity index (χ1) is 9.02. The lowest BCUT2D eigenvalue weighted by molar-refractivity contribution is 0.407. The molecular formula is C15H17BrN2O. The van der Waals surface area contributed by atoms with E-state index in [0.717, 1.165) is 22.6 Å². The Hall–Kier alpha value is -1.42. The molecule has 2 rings (SSSR count). The molecule has 0 amide bonds. The second-order valence-corrected chi connectivity index (χ2v) is 5.48. The highest BCUT2D eigenvalue weighted by atomic mass is 79.9. The normalized spacial score (nSPS) is 10.8. The lowest BCUT2D eigenvalue weighted by Crippen LogP contribution is -1.98. The summed E-state index contributed by atoms with van der Waals surface area (Å²) in [5.41, 5.74) is 4.38. The first kappa shape index (κ1) is 14.0. The fourth-order valence-corrected chi connectivity index (χ4v) is 2.40. The molecule has 0 bridgehead atoms. The maximum atomic E-state index is 5.46. The standard InChI is InChI=1S/C15H17BrN2O/c1-9(2)11-8-12(10(3)7-14(11)19-4)13-5-6-17-15(16)18-13/h5-9H,1-4H3. The molecule has 2 aromatic rings. The Balaban J connectivity index is 2.61. The molecule has 0 fully saturated rings. The van der Waals surface area contributed by atoms with E-state index in [9.17, 15) is 0 Å². The summed E-state index contributed by atoms with van der Waals surface area (Å²) in [6.07, 6.45) is 1.76. The average Bonchev–Trinajstić information content (AvgIpc) is 2.37. The average molecular weight is 321 g/mol. The van der Waals surface area contributed by atoms with E-state index in [0.29, 0.717) is 10.7 Å². The number of aromatic nitrogens is 2. The zero-order chi connectivity index (χ0) is 14.0. The predicted molar refractivity (Wildman–Crippen MR) is 80.5 cm³/mol. The summed E-state index contributed by atoms with van der Waals surface area (Å²) in [5, 5.41) is 0. The Morgan fingerprint density at radius 2 is 2.00 bits per heavy atom. The van der Waals surface area contributed by atoms with Gasteiger partial charge in [0, 0.05) is 11.8 Å². The van der Waals surface area contributed by atoms with Crippen LogP contribution in [-0.2, 0) is 0 Å². The van der Waals surface area contributed by atoms with Crippen molar-refractivity contribution in [2.75, 3.05) is 7.11 Å². The number of benzene rings is 1. The maximum Gasteiger partial charge on any atom is 0.197 e. The van der Waals surface area contributed by atoms with Gasteiger partial charge in [0.15, 0.2) is 4.73 Å². The fraction of sp³-hybridized carbons (Fsp3) is 0.333. The molecule has 100 valence electrons. The van der Waals surface area contributed by atoms with Gasteiger partial charge < -0.3 is 4.74 Å². The van der Waals surface area contributed by atoms with Crippen LogP contribution >= 0.6 is 15.9 Å². The molecule has 1 heterocycles. The van der Waals surface area contributed by atoms with Crippen LogP contribution in [-0.4, -0.2) is 17.1 Å². The monoisotopic (exact) mass is 320 g/mol. The summed E-state index contributed by atoms with van der Waals surface area (Å²) in [6.45, 7) is 6.39. The summed E-state index contributed by atoms with van der Waals surface area (Å²) < 4.78 is 6.06. The van der Waals surface area contributed by atoms with Crippen LogP contribution in [0.2, 0.25) is 0 Å². The van der Waals surface area contributed by atoms with Gasteiger partial charge in [-0.25, -0.2) is 9.97 Å². The van der Waals surface area contributed by atoms with E-state index < -0.39 is 0 Å². The largest absolute Gasteiger partial charge is 0.496 e. The lowest BCUT2D eigenvalue weighted by Gasteiger charge is -2.15. The van der Waals surface area contributed by atoms with Gasteiger partial charge in [-0.2, -0.15) is 0 Å². The third kappa shape index (κ3) is 2.95. The number of aryl methyl sites for hydroxylation is 1. The fourth-order valence-electron chi connectivity index (χ4n) is 2.09. The Morgan fingerprint density at radius 1 is 1.26 bits per heavy atom. The van der Waals surface area contributed by atoms with Crippen LogP contribution in [0.4, 0.5) is 0 Å². The minimum atomic E-state index is 0.402. The highest BCUT2D eigenvalue weighted by Gasteiger charge is 2.13. The third-order valence-electron chi connectivity index (χ3n) is 3.10. The second-order valence-electron chi connectivity index (χ2n) is 4.77. The van der Waals surface area contributed by atoms with Crippen molar-refractivity contribution in [2.24, 2.45) is 0 Å². The SMILES string of the molecule is COc1cc(C)c(-c2ccnc(Br)n2)cc1C(C)C. The number of hydrogen-bond acceptors (Lipinski definition) is 3. The van der Waals surface area contributed by atoms with Crippen molar-refractivity contribution in [1.29, 1.82) is 0 Å². The highest BCUT2D eigenvalue weighted by Crippen LogP contribution is 2.33. The van der Waals surface area contributed by atoms with Gasteiger partial charge in [-0.05, 0) is 58.1 Å². The van der Waals surface area contributed by atoms with Gasteiger partial charge in [0.2, 0.25) is 0 Å². The Kier molecular flexibility index (Phi) is 4.20. The molecule has 0 unspecified atom stereocenters. The van der Waals surface area contributed by atoms with E-state index >= 15 is 0 Å². The molecule has 0 atom stereocenters. The molecule has 19 heavy (non-hydrogen) atoms. The zero-order valence-corrected chi connectivity index (χ0v) is 13.2. The molecule has 0 spiro atoms. The van der Waals surface area contributed by atoms with E-state index in [1.165, 1.54) is 5.56 Å². The van der Waals surface area contributed by atoms with Crippen LogP contribution in [0.5, 0.6) is 5.75 Å². The molecular weight excluding hydrogens is 304 g/mol. The van der Waals surface area contributed by atoms with Gasteiger partial charge in [0.05, 0.1) is 12.8 Å². The van der Waals surface area contributed by atoms with E-state index in [2.05, 4.69) is 58.8 Å². The van der Waals surface area contributed by atoms with Crippen molar-refractivity contribution >= 4 is 15.9 Å². The summed E-state index contributed by atoms with van der Waals surface area (Å²) in [4.78, 5) is 8.49. The van der Waals surface area contributed by atoms with Gasteiger partial charge in [0.1, 0.15) is 5.75 Å². The number of ether oxygens (including phenoxy) is 1. The second kappa shape index (κ2) is 5.70. The van der Waals surface area contributed by atoms with Crippen molar-refractivity contribution in [3.63, 3.8) is 0 Å². The number of nitrogens with zero attached hydrogens (tertiary/aromatic N) is 2. The topological polar surface area (TPSA) is 35.0 Å². The molecule has 0 saturated heterocycles. The maximum absolute atomic E-state index is 5.46. The summed E-state index contributed by atoms with van der Waals surface area (Å²) in [7, 11) is 1.71. The minimum Gasteiger partial charge on any atom is -0.496 e. The summed E-state index contributed by atoms with van der Waals surface area (Å²) in [6, 6.07) is 6.15. The van der Waals surface area contributed by atoms with Gasteiger partial charge in [0.25, 0.3) is 0 Å². The molecule has 3 nitrogen and oxygen atoms in total. The number of hydrogen-bond donors (Lipinski definition) is 0. The summed E-state index contributed by atoms with van der Waals surface area (Å²) >= 11 is 3.31. The van der Waals surface area contributed by atoms with Crippen LogP contribution in [0.15, 0.2) is 29.1 Å². The molecule has 0 aliphatic carbocycles. The van der Waals surface area contributed by atoms with E-state index in [4.69, 9.17) is 4.74 Å². The Bertz CT molecular complexity index is 597. The van der Waals surface area contributed by atoms with Crippen LogP contribution in [0.25, 0.3) is 11.3 Å². The third-order valence-corrected chi connectivity index (χ3v) is 3.48. The zero-order valence-electron chi connectivity index (χ0n) is 11.6. The van der Waals surface area contributed by atoms with Crippen LogP contribution in [0.3, 0.4) is 0 Å². The minimum absolute atomic E-state index is 0.402. The number of methoxy groups -OCH3 is 1. The van der Waals surface area contributed by atoms with E-state index in [1.54, 1.807) is 13.3 Å². The van der Waals surface area contributed by atoms with Crippen molar-refractivity contribution in [2.45, 2.75) is 26.7 Å². The molecule has 1 aromatic heterocycles. The molecule has 0 aliphatic heterocycles. The number of rotatable bonds is 3. The first-order valence-corrected chi connectivity index (χ1v) is 6.99. The molecule has 1 aromatic carbocycles. The Morgan fingerprint density at radius 3 is 2.58 bits per heavy atom. The highest BCUT2D eigenvalue weighted by molar-refractivity contribution is 9.10.